The minimum Gasteiger partial charge on any atom is -0.462 e. The number of rotatable bonds is 7. The van der Waals surface area contributed by atoms with Crippen LogP contribution in [0.1, 0.15) is 70.2 Å². The highest BCUT2D eigenvalue weighted by molar-refractivity contribution is 7.18. The van der Waals surface area contributed by atoms with Crippen molar-refractivity contribution in [2.75, 3.05) is 11.9 Å². The van der Waals surface area contributed by atoms with E-state index in [9.17, 15) is 14.4 Å². The quantitative estimate of drug-likeness (QED) is 0.627. The lowest BCUT2D eigenvalue weighted by Gasteiger charge is -2.20. The minimum atomic E-state index is -0.521. The number of nitrogens with one attached hydrogen (secondary N) is 2. The highest BCUT2D eigenvalue weighted by Crippen LogP contribution is 2.35. The van der Waals surface area contributed by atoms with Gasteiger partial charge in [0.2, 0.25) is 5.91 Å². The second-order valence-electron chi connectivity index (χ2n) is 7.47. The lowest BCUT2D eigenvalue weighted by molar-refractivity contribution is -0.120. The molecule has 7 heteroatoms. The predicted octanol–water partition coefficient (Wildman–Crippen LogP) is 4.68. The highest BCUT2D eigenvalue weighted by atomic mass is 32.1. The number of benzene rings is 1. The molecule has 0 aliphatic heterocycles. The van der Waals surface area contributed by atoms with Crippen molar-refractivity contribution in [3.05, 3.63) is 51.9 Å². The summed E-state index contributed by atoms with van der Waals surface area (Å²) in [5, 5.41) is 6.19. The maximum Gasteiger partial charge on any atom is 0.341 e. The molecule has 1 fully saturated rings. The normalized spacial score (nSPS) is 14.2. The third-order valence-corrected chi connectivity index (χ3v) is 6.55. The Hall–Kier alpha value is -2.67. The Morgan fingerprint density at radius 1 is 1.10 bits per heavy atom. The molecule has 0 radical (unpaired) electrons. The second kappa shape index (κ2) is 10.4. The summed E-state index contributed by atoms with van der Waals surface area (Å²) in [7, 11) is 0. The third-order valence-electron chi connectivity index (χ3n) is 5.34. The van der Waals surface area contributed by atoms with E-state index >= 15 is 0 Å². The molecule has 0 bridgehead atoms. The molecule has 1 aromatic heterocycles. The van der Waals surface area contributed by atoms with Crippen LogP contribution in [0.4, 0.5) is 5.00 Å². The molecule has 1 aromatic carbocycles. The maximum atomic E-state index is 12.8. The van der Waals surface area contributed by atoms with Crippen LogP contribution in [-0.4, -0.2) is 24.4 Å². The van der Waals surface area contributed by atoms with Crippen LogP contribution in [0.25, 0.3) is 0 Å². The number of carbonyl (C=O) groups excluding carboxylic acids is 3. The summed E-state index contributed by atoms with van der Waals surface area (Å²) in [6, 6.07) is 9.61. The molecular formula is C23H28N2O4S. The Morgan fingerprint density at radius 2 is 1.80 bits per heavy atom. The molecule has 0 saturated heterocycles. The van der Waals surface area contributed by atoms with E-state index in [2.05, 4.69) is 10.6 Å². The molecule has 160 valence electrons. The molecule has 0 unspecified atom stereocenters. The fourth-order valence-electron chi connectivity index (χ4n) is 3.70. The highest BCUT2D eigenvalue weighted by Gasteiger charge is 2.28. The molecule has 1 heterocycles. The van der Waals surface area contributed by atoms with E-state index in [1.165, 1.54) is 0 Å². The number of hydrogen-bond acceptors (Lipinski definition) is 5. The van der Waals surface area contributed by atoms with Crippen molar-refractivity contribution in [3.63, 3.8) is 0 Å². The first kappa shape index (κ1) is 22.0. The van der Waals surface area contributed by atoms with Gasteiger partial charge >= 0.3 is 5.97 Å². The standard InChI is InChI=1S/C23H28N2O4S/c1-3-29-23(28)18-15(2)19(21(27)24-14-16-10-6-4-7-11-16)30-22(18)25-20(26)17-12-8-5-9-13-17/h4,6-7,10-11,17H,3,5,8-9,12-14H2,1-2H3,(H,24,27)(H,25,26). The van der Waals surface area contributed by atoms with Crippen molar-refractivity contribution in [3.8, 4) is 0 Å². The lowest BCUT2D eigenvalue weighted by Crippen LogP contribution is -2.25. The van der Waals surface area contributed by atoms with Crippen LogP contribution in [0.15, 0.2) is 30.3 Å². The van der Waals surface area contributed by atoms with Crippen LogP contribution in [0, 0.1) is 12.8 Å². The van der Waals surface area contributed by atoms with Gasteiger partial charge < -0.3 is 15.4 Å². The summed E-state index contributed by atoms with van der Waals surface area (Å²) in [6.45, 7) is 4.05. The summed E-state index contributed by atoms with van der Waals surface area (Å²) in [4.78, 5) is 38.5. The number of esters is 1. The van der Waals surface area contributed by atoms with Crippen molar-refractivity contribution in [1.29, 1.82) is 0 Å². The number of hydrogen-bond donors (Lipinski definition) is 2. The Balaban J connectivity index is 1.81. The third kappa shape index (κ3) is 5.27. The SMILES string of the molecule is CCOC(=O)c1c(NC(=O)C2CCCCC2)sc(C(=O)NCc2ccccc2)c1C. The van der Waals surface area contributed by atoms with E-state index in [-0.39, 0.29) is 29.9 Å². The van der Waals surface area contributed by atoms with Crippen molar-refractivity contribution >= 4 is 34.1 Å². The number of thiophene rings is 1. The molecule has 6 nitrogen and oxygen atoms in total. The maximum absolute atomic E-state index is 12.8. The molecule has 2 amide bonds. The van der Waals surface area contributed by atoms with Gasteiger partial charge in [-0.2, -0.15) is 0 Å². The number of carbonyl (C=O) groups is 3. The molecule has 1 aliphatic carbocycles. The van der Waals surface area contributed by atoms with Gasteiger partial charge in [-0.15, -0.1) is 11.3 Å². The Morgan fingerprint density at radius 3 is 2.47 bits per heavy atom. The van der Waals surface area contributed by atoms with Crippen LogP contribution < -0.4 is 10.6 Å². The van der Waals surface area contributed by atoms with E-state index in [1.54, 1.807) is 13.8 Å². The van der Waals surface area contributed by atoms with E-state index < -0.39 is 5.97 Å². The molecule has 2 N–H and O–H groups in total. The van der Waals surface area contributed by atoms with Gasteiger partial charge in [-0.1, -0.05) is 49.6 Å². The van der Waals surface area contributed by atoms with E-state index in [0.29, 0.717) is 22.0 Å². The van der Waals surface area contributed by atoms with E-state index in [4.69, 9.17) is 4.74 Å². The monoisotopic (exact) mass is 428 g/mol. The summed E-state index contributed by atoms with van der Waals surface area (Å²) >= 11 is 1.13. The Labute approximate surface area is 181 Å². The van der Waals surface area contributed by atoms with Crippen molar-refractivity contribution in [1.82, 2.24) is 5.32 Å². The van der Waals surface area contributed by atoms with Gasteiger partial charge in [-0.25, -0.2) is 4.79 Å². The Kier molecular flexibility index (Phi) is 7.63. The van der Waals surface area contributed by atoms with Crippen molar-refractivity contribution in [2.24, 2.45) is 5.92 Å². The molecular weight excluding hydrogens is 400 g/mol. The zero-order valence-electron chi connectivity index (χ0n) is 17.5. The summed E-state index contributed by atoms with van der Waals surface area (Å²) in [5.74, 6) is -0.929. The molecule has 0 atom stereocenters. The van der Waals surface area contributed by atoms with Crippen LogP contribution >= 0.6 is 11.3 Å². The summed E-state index contributed by atoms with van der Waals surface area (Å²) in [5.41, 5.74) is 1.79. The molecule has 30 heavy (non-hydrogen) atoms. The Bertz CT molecular complexity index is 901. The molecule has 1 saturated carbocycles. The topological polar surface area (TPSA) is 84.5 Å². The zero-order chi connectivity index (χ0) is 21.5. The second-order valence-corrected chi connectivity index (χ2v) is 8.49. The average Bonchev–Trinajstić information content (AvgIpc) is 3.09. The van der Waals surface area contributed by atoms with Gasteiger partial charge in [-0.3, -0.25) is 9.59 Å². The van der Waals surface area contributed by atoms with Crippen LogP contribution in [0.2, 0.25) is 0 Å². The zero-order valence-corrected chi connectivity index (χ0v) is 18.3. The van der Waals surface area contributed by atoms with Gasteiger partial charge in [0.05, 0.1) is 17.0 Å². The van der Waals surface area contributed by atoms with Crippen LogP contribution in [0.3, 0.4) is 0 Å². The van der Waals surface area contributed by atoms with E-state index in [0.717, 1.165) is 49.0 Å². The molecule has 3 rings (SSSR count). The van der Waals surface area contributed by atoms with Gasteiger partial charge in [-0.05, 0) is 37.8 Å². The van der Waals surface area contributed by atoms with Crippen molar-refractivity contribution < 1.29 is 19.1 Å². The molecule has 2 aromatic rings. The van der Waals surface area contributed by atoms with Gasteiger partial charge in [0.25, 0.3) is 5.91 Å². The van der Waals surface area contributed by atoms with Gasteiger partial charge in [0.15, 0.2) is 0 Å². The smallest absolute Gasteiger partial charge is 0.341 e. The van der Waals surface area contributed by atoms with Crippen molar-refractivity contribution in [2.45, 2.75) is 52.5 Å². The first-order valence-corrected chi connectivity index (χ1v) is 11.3. The fourth-order valence-corrected chi connectivity index (χ4v) is 4.82. The minimum absolute atomic E-state index is 0.0495. The lowest BCUT2D eigenvalue weighted by atomic mass is 9.89. The molecule has 1 aliphatic rings. The van der Waals surface area contributed by atoms with Crippen LogP contribution in [0.5, 0.6) is 0 Å². The fraction of sp³-hybridized carbons (Fsp3) is 0.435. The summed E-state index contributed by atoms with van der Waals surface area (Å²) < 4.78 is 5.18. The van der Waals surface area contributed by atoms with E-state index in [1.807, 2.05) is 30.3 Å². The first-order valence-electron chi connectivity index (χ1n) is 10.4. The first-order chi connectivity index (χ1) is 14.5. The largest absolute Gasteiger partial charge is 0.462 e. The predicted molar refractivity (Wildman–Crippen MR) is 118 cm³/mol. The number of amides is 2. The number of anilines is 1. The van der Waals surface area contributed by atoms with Gasteiger partial charge in [0, 0.05) is 12.5 Å². The number of ether oxygens (including phenoxy) is 1. The molecule has 0 spiro atoms. The van der Waals surface area contributed by atoms with Gasteiger partial charge in [0.1, 0.15) is 5.00 Å². The summed E-state index contributed by atoms with van der Waals surface area (Å²) in [6.07, 6.45) is 4.95. The van der Waals surface area contributed by atoms with Crippen LogP contribution in [-0.2, 0) is 16.1 Å². The average molecular weight is 429 g/mol.